The minimum Gasteiger partial charge on any atom is -0.330 e. The molecule has 0 saturated carbocycles. The molecule has 0 amide bonds. The molecule has 0 saturated heterocycles. The molecule has 0 bridgehead atoms. The number of carbonyl (C=O) groups is 1. The van der Waals surface area contributed by atoms with Crippen LogP contribution >= 0.6 is 11.8 Å². The van der Waals surface area contributed by atoms with E-state index in [4.69, 9.17) is 0 Å². The Bertz CT molecular complexity index is 140. The van der Waals surface area contributed by atoms with Gasteiger partial charge < -0.3 is 4.48 Å². The fraction of sp³-hybridized carbons (Fsp3) is 0.889. The van der Waals surface area contributed by atoms with Crippen LogP contribution in [0.2, 0.25) is 0 Å². The van der Waals surface area contributed by atoms with Gasteiger partial charge in [0.2, 0.25) is 0 Å². The van der Waals surface area contributed by atoms with E-state index in [2.05, 4.69) is 21.1 Å². The van der Waals surface area contributed by atoms with Crippen molar-refractivity contribution in [3.8, 4) is 0 Å². The predicted octanol–water partition coefficient (Wildman–Crippen LogP) is 1.75. The lowest BCUT2D eigenvalue weighted by Crippen LogP contribution is -2.36. The number of rotatable bonds is 5. The third-order valence-corrected chi connectivity index (χ3v) is 2.39. The Hall–Kier alpha value is -0.0200. The van der Waals surface area contributed by atoms with Gasteiger partial charge in [-0.25, -0.2) is 0 Å². The molecule has 0 spiro atoms. The van der Waals surface area contributed by atoms with Gasteiger partial charge in [0.1, 0.15) is 0 Å². The van der Waals surface area contributed by atoms with Crippen molar-refractivity contribution < 1.29 is 9.28 Å². The molecule has 0 heterocycles. The van der Waals surface area contributed by atoms with Crippen molar-refractivity contribution in [1.29, 1.82) is 0 Å². The molecule has 0 aliphatic carbocycles. The van der Waals surface area contributed by atoms with Crippen LogP contribution in [0.5, 0.6) is 0 Å². The van der Waals surface area contributed by atoms with Crippen molar-refractivity contribution in [1.82, 2.24) is 0 Å². The lowest BCUT2D eigenvalue weighted by molar-refractivity contribution is -0.867. The smallest absolute Gasteiger partial charge is 0.189 e. The first kappa shape index (κ1) is 12.0. The van der Waals surface area contributed by atoms with Crippen molar-refractivity contribution in [2.24, 2.45) is 0 Å². The number of quaternary nitrogens is 1. The Morgan fingerprint density at radius 2 is 1.92 bits per heavy atom. The van der Waals surface area contributed by atoms with E-state index in [1.165, 1.54) is 11.8 Å². The van der Waals surface area contributed by atoms with E-state index in [1.807, 2.05) is 6.92 Å². The zero-order chi connectivity index (χ0) is 9.61. The minimum absolute atomic E-state index is 0.339. The molecule has 0 aliphatic rings. The van der Waals surface area contributed by atoms with Crippen LogP contribution in [0.1, 0.15) is 19.8 Å². The number of carbonyl (C=O) groups excluding carboxylic acids is 1. The summed E-state index contributed by atoms with van der Waals surface area (Å²) in [4.78, 5) is 11.1. The van der Waals surface area contributed by atoms with Crippen molar-refractivity contribution in [3.05, 3.63) is 0 Å². The molecule has 0 aromatic carbocycles. The van der Waals surface area contributed by atoms with Gasteiger partial charge in [-0.15, -0.1) is 0 Å². The van der Waals surface area contributed by atoms with E-state index in [1.54, 1.807) is 0 Å². The second kappa shape index (κ2) is 5.60. The molecule has 2 nitrogen and oxygen atoms in total. The molecule has 0 fully saturated rings. The maximum Gasteiger partial charge on any atom is 0.189 e. The fourth-order valence-corrected chi connectivity index (χ4v) is 1.92. The lowest BCUT2D eigenvalue weighted by Gasteiger charge is -2.23. The average molecular weight is 190 g/mol. The first-order valence-corrected chi connectivity index (χ1v) is 5.40. The number of nitrogens with zero attached hydrogens (tertiary/aromatic N) is 1. The van der Waals surface area contributed by atoms with Gasteiger partial charge in [0.05, 0.1) is 33.4 Å². The van der Waals surface area contributed by atoms with E-state index < -0.39 is 0 Å². The van der Waals surface area contributed by atoms with E-state index >= 15 is 0 Å². The highest BCUT2D eigenvalue weighted by Gasteiger charge is 2.08. The molecule has 0 aromatic heterocycles. The van der Waals surface area contributed by atoms with Crippen LogP contribution in [-0.2, 0) is 4.79 Å². The summed E-state index contributed by atoms with van der Waals surface area (Å²) in [5.74, 6) is 0.947. The first-order valence-electron chi connectivity index (χ1n) is 4.42. The van der Waals surface area contributed by atoms with Crippen LogP contribution in [0.3, 0.4) is 0 Å². The van der Waals surface area contributed by atoms with E-state index in [-0.39, 0.29) is 0 Å². The summed E-state index contributed by atoms with van der Waals surface area (Å²) in [6, 6.07) is 0. The molecule has 0 aliphatic heterocycles. The predicted molar refractivity (Wildman–Crippen MR) is 55.3 cm³/mol. The normalized spacial score (nSPS) is 11.7. The first-order chi connectivity index (χ1) is 5.45. The maximum atomic E-state index is 11.1. The van der Waals surface area contributed by atoms with Crippen molar-refractivity contribution in [2.45, 2.75) is 19.8 Å². The van der Waals surface area contributed by atoms with Gasteiger partial charge in [0, 0.05) is 6.42 Å². The van der Waals surface area contributed by atoms with Gasteiger partial charge in [-0.1, -0.05) is 18.7 Å². The summed E-state index contributed by atoms with van der Waals surface area (Å²) in [7, 11) is 6.43. The molecule has 0 aromatic rings. The average Bonchev–Trinajstić information content (AvgIpc) is 1.84. The second-order valence-electron chi connectivity index (χ2n) is 3.98. The molecule has 72 valence electrons. The second-order valence-corrected chi connectivity index (χ2v) is 5.14. The summed E-state index contributed by atoms with van der Waals surface area (Å²) in [6.07, 6.45) is 1.69. The quantitative estimate of drug-likeness (QED) is 0.614. The highest BCUT2D eigenvalue weighted by atomic mass is 32.2. The molecule has 12 heavy (non-hydrogen) atoms. The Morgan fingerprint density at radius 3 is 2.33 bits per heavy atom. The lowest BCUT2D eigenvalue weighted by atomic mass is 10.4. The van der Waals surface area contributed by atoms with Crippen molar-refractivity contribution >= 4 is 16.9 Å². The van der Waals surface area contributed by atoms with Crippen molar-refractivity contribution in [2.75, 3.05) is 33.4 Å². The zero-order valence-corrected chi connectivity index (χ0v) is 9.41. The van der Waals surface area contributed by atoms with Gasteiger partial charge in [-0.05, 0) is 6.42 Å². The Kier molecular flexibility index (Phi) is 5.59. The SMILES string of the molecule is CCCC(=O)SCC[N+](C)(C)C. The van der Waals surface area contributed by atoms with Crippen LogP contribution < -0.4 is 0 Å². The molecule has 3 heteroatoms. The van der Waals surface area contributed by atoms with Crippen molar-refractivity contribution in [3.63, 3.8) is 0 Å². The molecule has 0 radical (unpaired) electrons. The Labute approximate surface area is 79.9 Å². The Balaban J connectivity index is 3.37. The topological polar surface area (TPSA) is 17.1 Å². The van der Waals surface area contributed by atoms with Gasteiger partial charge in [-0.3, -0.25) is 4.79 Å². The molecule has 0 atom stereocenters. The van der Waals surface area contributed by atoms with Gasteiger partial charge in [0.15, 0.2) is 5.12 Å². The van der Waals surface area contributed by atoms with Crippen LogP contribution in [0, 0.1) is 0 Å². The molecular formula is C9H20NOS+. The summed E-state index contributed by atoms with van der Waals surface area (Å²) >= 11 is 1.47. The maximum absolute atomic E-state index is 11.1. The molecule has 0 unspecified atom stereocenters. The number of hydrogen-bond donors (Lipinski definition) is 0. The van der Waals surface area contributed by atoms with Crippen LogP contribution in [-0.4, -0.2) is 43.0 Å². The fourth-order valence-electron chi connectivity index (χ4n) is 0.710. The molecular weight excluding hydrogens is 170 g/mol. The monoisotopic (exact) mass is 190 g/mol. The van der Waals surface area contributed by atoms with Crippen LogP contribution in [0.15, 0.2) is 0 Å². The van der Waals surface area contributed by atoms with Gasteiger partial charge in [-0.2, -0.15) is 0 Å². The summed E-state index contributed by atoms with van der Waals surface area (Å²) in [5, 5.41) is 0.339. The van der Waals surface area contributed by atoms with E-state index in [0.717, 1.165) is 29.6 Å². The zero-order valence-electron chi connectivity index (χ0n) is 8.59. The summed E-state index contributed by atoms with van der Waals surface area (Å²) in [5.41, 5.74) is 0. The molecule has 0 rings (SSSR count). The summed E-state index contributed by atoms with van der Waals surface area (Å²) in [6.45, 7) is 3.10. The largest absolute Gasteiger partial charge is 0.330 e. The van der Waals surface area contributed by atoms with Gasteiger partial charge in [0.25, 0.3) is 0 Å². The third kappa shape index (κ3) is 8.08. The number of hydrogen-bond acceptors (Lipinski definition) is 2. The highest BCUT2D eigenvalue weighted by Crippen LogP contribution is 2.08. The van der Waals surface area contributed by atoms with E-state index in [0.29, 0.717) is 5.12 Å². The molecule has 0 N–H and O–H groups in total. The third-order valence-electron chi connectivity index (χ3n) is 1.48. The van der Waals surface area contributed by atoms with Crippen LogP contribution in [0.4, 0.5) is 0 Å². The standard InChI is InChI=1S/C9H20NOS/c1-5-6-9(11)12-8-7-10(2,3)4/h5-8H2,1-4H3/q+1. The van der Waals surface area contributed by atoms with Gasteiger partial charge >= 0.3 is 0 Å². The number of thioether (sulfide) groups is 1. The summed E-state index contributed by atoms with van der Waals surface area (Å²) < 4.78 is 0.937. The highest BCUT2D eigenvalue weighted by molar-refractivity contribution is 8.13. The Morgan fingerprint density at radius 1 is 1.33 bits per heavy atom. The minimum atomic E-state index is 0.339. The van der Waals surface area contributed by atoms with E-state index in [9.17, 15) is 4.79 Å². The van der Waals surface area contributed by atoms with Crippen LogP contribution in [0.25, 0.3) is 0 Å².